The number of hydrogen-bond acceptors (Lipinski definition) is 7. The zero-order valence-corrected chi connectivity index (χ0v) is 16.9. The van der Waals surface area contributed by atoms with Crippen molar-refractivity contribution in [3.63, 3.8) is 0 Å². The van der Waals surface area contributed by atoms with Crippen molar-refractivity contribution in [3.8, 4) is 0 Å². The molecule has 2 aromatic carbocycles. The average molecular weight is 347 g/mol. The molecule has 11 heteroatoms. The van der Waals surface area contributed by atoms with Gasteiger partial charge in [0.05, 0.1) is 9.79 Å². The molecule has 0 fully saturated rings. The molecule has 0 atom stereocenters. The van der Waals surface area contributed by atoms with E-state index in [1.54, 1.807) is 0 Å². The van der Waals surface area contributed by atoms with E-state index in [1.807, 2.05) is 0 Å². The molecular formula is C10H7NNa2O6S2. The number of hydrogen-bond donors (Lipinski definition) is 1. The average Bonchev–Trinajstić information content (AvgIpc) is 2.24. The maximum absolute atomic E-state index is 11.2. The molecule has 0 aliphatic carbocycles. The van der Waals surface area contributed by atoms with Crippen LogP contribution < -0.4 is 64.8 Å². The summed E-state index contributed by atoms with van der Waals surface area (Å²) in [5.41, 5.74) is 5.42. The van der Waals surface area contributed by atoms with Crippen LogP contribution in [0, 0.1) is 0 Å². The molecule has 0 heterocycles. The molecule has 0 unspecified atom stereocenters. The number of nitrogen functional groups attached to an aromatic ring is 1. The fourth-order valence-electron chi connectivity index (χ4n) is 1.78. The van der Waals surface area contributed by atoms with E-state index >= 15 is 0 Å². The Balaban J connectivity index is 0.00000200. The molecule has 7 nitrogen and oxygen atoms in total. The molecule has 0 bridgehead atoms. The summed E-state index contributed by atoms with van der Waals surface area (Å²) in [6.45, 7) is 0. The second-order valence-electron chi connectivity index (χ2n) is 3.78. The van der Waals surface area contributed by atoms with Gasteiger partial charge in [0.2, 0.25) is 0 Å². The second kappa shape index (κ2) is 7.26. The van der Waals surface area contributed by atoms with Crippen LogP contribution in [-0.2, 0) is 20.2 Å². The van der Waals surface area contributed by atoms with E-state index in [-0.39, 0.29) is 70.2 Å². The van der Waals surface area contributed by atoms with Crippen molar-refractivity contribution in [2.75, 3.05) is 5.73 Å². The Hall–Kier alpha value is 0.320. The van der Waals surface area contributed by atoms with Crippen molar-refractivity contribution < 1.29 is 85.1 Å². The standard InChI is InChI=1S/C10H9NO6S2.2Na/c11-7-4-6-2-1-3-8(18(12,13)14)10(6)9(5-7)19(15,16)17;;/h1-5H,11H2,(H,12,13,14)(H,15,16,17);;/q;2*+1/p-2. The molecule has 2 N–H and O–H groups in total. The predicted octanol–water partition coefficient (Wildman–Crippen LogP) is -5.76. The fraction of sp³-hybridized carbons (Fsp3) is 0. The van der Waals surface area contributed by atoms with E-state index < -0.39 is 35.4 Å². The molecule has 0 saturated carbocycles. The molecule has 2 aromatic rings. The maximum Gasteiger partial charge on any atom is 1.00 e. The van der Waals surface area contributed by atoms with Crippen LogP contribution in [-0.4, -0.2) is 25.9 Å². The van der Waals surface area contributed by atoms with Crippen LogP contribution in [0.1, 0.15) is 0 Å². The fourth-order valence-corrected chi connectivity index (χ4v) is 3.33. The van der Waals surface area contributed by atoms with Crippen LogP contribution in [0.25, 0.3) is 10.8 Å². The minimum absolute atomic E-state index is 0. The van der Waals surface area contributed by atoms with Crippen LogP contribution in [0.15, 0.2) is 40.1 Å². The topological polar surface area (TPSA) is 140 Å². The molecule has 21 heavy (non-hydrogen) atoms. The summed E-state index contributed by atoms with van der Waals surface area (Å²) < 4.78 is 66.9. The van der Waals surface area contributed by atoms with Gasteiger partial charge >= 0.3 is 59.1 Å². The van der Waals surface area contributed by atoms with Crippen LogP contribution in [0.5, 0.6) is 0 Å². The number of rotatable bonds is 2. The SMILES string of the molecule is Nc1cc(S(=O)(=O)[O-])c2c(S(=O)(=O)[O-])cccc2c1.[Na+].[Na+]. The van der Waals surface area contributed by atoms with Gasteiger partial charge in [-0.2, -0.15) is 0 Å². The smallest absolute Gasteiger partial charge is 0.744 e. The Morgan fingerprint density at radius 2 is 1.38 bits per heavy atom. The van der Waals surface area contributed by atoms with Gasteiger partial charge in [-0.15, -0.1) is 0 Å². The summed E-state index contributed by atoms with van der Waals surface area (Å²) in [6, 6.07) is 5.66. The van der Waals surface area contributed by atoms with E-state index in [1.165, 1.54) is 18.2 Å². The molecule has 0 amide bonds. The van der Waals surface area contributed by atoms with Gasteiger partial charge in [-0.25, -0.2) is 16.8 Å². The first-order valence-corrected chi connectivity index (χ1v) is 7.66. The van der Waals surface area contributed by atoms with Gasteiger partial charge in [0.15, 0.2) is 0 Å². The third-order valence-electron chi connectivity index (χ3n) is 2.46. The summed E-state index contributed by atoms with van der Waals surface area (Å²) in [5.74, 6) is 0. The first kappa shape index (κ1) is 21.3. The Labute approximate surface area is 166 Å². The molecule has 0 aliphatic heterocycles. The Morgan fingerprint density at radius 1 is 0.857 bits per heavy atom. The van der Waals surface area contributed by atoms with Crippen LogP contribution in [0.2, 0.25) is 0 Å². The van der Waals surface area contributed by atoms with Crippen molar-refractivity contribution in [1.29, 1.82) is 0 Å². The summed E-state index contributed by atoms with van der Waals surface area (Å²) in [7, 11) is -9.89. The van der Waals surface area contributed by atoms with E-state index in [0.717, 1.165) is 12.1 Å². The number of nitrogens with two attached hydrogens (primary N) is 1. The molecule has 102 valence electrons. The van der Waals surface area contributed by atoms with E-state index in [2.05, 4.69) is 0 Å². The minimum atomic E-state index is -4.97. The molecular weight excluding hydrogens is 340 g/mol. The van der Waals surface area contributed by atoms with Gasteiger partial charge in [-0.1, -0.05) is 12.1 Å². The van der Waals surface area contributed by atoms with Crippen molar-refractivity contribution in [1.82, 2.24) is 0 Å². The molecule has 0 aromatic heterocycles. The quantitative estimate of drug-likeness (QED) is 0.324. The Morgan fingerprint density at radius 3 is 1.86 bits per heavy atom. The number of anilines is 1. The zero-order valence-electron chi connectivity index (χ0n) is 11.2. The minimum Gasteiger partial charge on any atom is -0.744 e. The van der Waals surface area contributed by atoms with E-state index in [0.29, 0.717) is 0 Å². The van der Waals surface area contributed by atoms with Gasteiger partial charge in [-0.05, 0) is 23.6 Å². The molecule has 0 aliphatic rings. The van der Waals surface area contributed by atoms with E-state index in [4.69, 9.17) is 5.73 Å². The van der Waals surface area contributed by atoms with Crippen molar-refractivity contribution in [2.24, 2.45) is 0 Å². The van der Waals surface area contributed by atoms with Crippen LogP contribution in [0.3, 0.4) is 0 Å². The largest absolute Gasteiger partial charge is 1.00 e. The van der Waals surface area contributed by atoms with Gasteiger partial charge in [0, 0.05) is 11.1 Å². The third kappa shape index (κ3) is 4.64. The summed E-state index contributed by atoms with van der Waals surface area (Å²) in [4.78, 5) is -1.59. The van der Waals surface area contributed by atoms with Crippen molar-refractivity contribution in [3.05, 3.63) is 30.3 Å². The van der Waals surface area contributed by atoms with E-state index in [9.17, 15) is 25.9 Å². The third-order valence-corrected chi connectivity index (χ3v) is 4.20. The van der Waals surface area contributed by atoms with Gasteiger partial charge in [0.1, 0.15) is 20.2 Å². The maximum atomic E-state index is 11.2. The predicted molar refractivity (Wildman–Crippen MR) is 64.3 cm³/mol. The van der Waals surface area contributed by atoms with Crippen LogP contribution in [0.4, 0.5) is 5.69 Å². The molecule has 0 saturated heterocycles. The summed E-state index contributed by atoms with van der Waals surface area (Å²) in [5, 5.41) is -0.340. The summed E-state index contributed by atoms with van der Waals surface area (Å²) in [6.07, 6.45) is 0. The normalized spacial score (nSPS) is 11.5. The van der Waals surface area contributed by atoms with Crippen molar-refractivity contribution >= 4 is 36.7 Å². The van der Waals surface area contributed by atoms with Gasteiger partial charge in [0.25, 0.3) is 0 Å². The monoisotopic (exact) mass is 347 g/mol. The Kier molecular flexibility index (Phi) is 7.37. The molecule has 0 radical (unpaired) electrons. The van der Waals surface area contributed by atoms with Gasteiger partial charge < -0.3 is 14.8 Å². The molecule has 0 spiro atoms. The summed E-state index contributed by atoms with van der Waals surface area (Å²) >= 11 is 0. The zero-order chi connectivity index (χ0) is 14.4. The number of fused-ring (bicyclic) bond motifs is 1. The van der Waals surface area contributed by atoms with Crippen molar-refractivity contribution in [2.45, 2.75) is 9.79 Å². The number of benzene rings is 2. The van der Waals surface area contributed by atoms with Gasteiger partial charge in [-0.3, -0.25) is 0 Å². The first-order chi connectivity index (χ1) is 8.60. The second-order valence-corrected chi connectivity index (χ2v) is 6.48. The molecule has 2 rings (SSSR count). The first-order valence-electron chi connectivity index (χ1n) is 4.85. The van der Waals surface area contributed by atoms with Crippen LogP contribution >= 0.6 is 0 Å². The Bertz CT molecular complexity index is 880.